The summed E-state index contributed by atoms with van der Waals surface area (Å²) < 4.78 is 0.986. The number of pyridine rings is 2. The van der Waals surface area contributed by atoms with Crippen LogP contribution in [0.5, 0.6) is 0 Å². The van der Waals surface area contributed by atoms with Crippen molar-refractivity contribution >= 4 is 27.8 Å². The molecular formula is C15H12BrN3. The van der Waals surface area contributed by atoms with Crippen molar-refractivity contribution in [1.82, 2.24) is 9.97 Å². The maximum atomic E-state index is 4.65. The third-order valence-electron chi connectivity index (χ3n) is 2.84. The molecule has 0 spiro atoms. The second-order valence-electron chi connectivity index (χ2n) is 4.25. The van der Waals surface area contributed by atoms with Crippen molar-refractivity contribution in [1.29, 1.82) is 0 Å². The Morgan fingerprint density at radius 3 is 2.63 bits per heavy atom. The molecule has 0 saturated carbocycles. The van der Waals surface area contributed by atoms with Crippen LogP contribution in [0.1, 0.15) is 18.5 Å². The predicted octanol–water partition coefficient (Wildman–Crippen LogP) is 4.11. The zero-order chi connectivity index (χ0) is 13.1. The number of hydrogen-bond donors (Lipinski definition) is 0. The highest BCUT2D eigenvalue weighted by atomic mass is 79.9. The normalized spacial score (nSPS) is 14.3. The van der Waals surface area contributed by atoms with E-state index in [2.05, 4.69) is 37.0 Å². The molecule has 0 fully saturated rings. The maximum Gasteiger partial charge on any atom is 0.0905 e. The van der Waals surface area contributed by atoms with Gasteiger partial charge in [0.25, 0.3) is 0 Å². The Labute approximate surface area is 120 Å². The average molecular weight is 314 g/mol. The molecule has 0 N–H and O–H groups in total. The van der Waals surface area contributed by atoms with E-state index in [0.29, 0.717) is 0 Å². The van der Waals surface area contributed by atoms with Crippen LogP contribution >= 0.6 is 15.9 Å². The molecule has 3 nitrogen and oxygen atoms in total. The number of halogens is 1. The Bertz CT molecular complexity index is 648. The Morgan fingerprint density at radius 2 is 1.89 bits per heavy atom. The SMILES string of the molecule is Brc1cc(C2=CCCC=N2)nc(-c2ccccn2)c1. The summed E-state index contributed by atoms with van der Waals surface area (Å²) in [7, 11) is 0. The molecule has 0 saturated heterocycles. The second kappa shape index (κ2) is 5.45. The smallest absolute Gasteiger partial charge is 0.0905 e. The van der Waals surface area contributed by atoms with Gasteiger partial charge >= 0.3 is 0 Å². The molecule has 2 aromatic rings. The van der Waals surface area contributed by atoms with Crippen LogP contribution < -0.4 is 0 Å². The zero-order valence-corrected chi connectivity index (χ0v) is 11.8. The first-order chi connectivity index (χ1) is 9.33. The van der Waals surface area contributed by atoms with Gasteiger partial charge in [-0.3, -0.25) is 9.98 Å². The van der Waals surface area contributed by atoms with Gasteiger partial charge in [-0.15, -0.1) is 0 Å². The third kappa shape index (κ3) is 2.79. The van der Waals surface area contributed by atoms with Gasteiger partial charge in [0.05, 0.1) is 22.8 Å². The average Bonchev–Trinajstić information content (AvgIpc) is 2.48. The van der Waals surface area contributed by atoms with Crippen molar-refractivity contribution in [2.75, 3.05) is 0 Å². The van der Waals surface area contributed by atoms with Gasteiger partial charge < -0.3 is 0 Å². The summed E-state index contributed by atoms with van der Waals surface area (Å²) in [5, 5.41) is 0. The van der Waals surface area contributed by atoms with Crippen LogP contribution in [0.2, 0.25) is 0 Å². The van der Waals surface area contributed by atoms with Crippen molar-refractivity contribution < 1.29 is 0 Å². The van der Waals surface area contributed by atoms with E-state index in [9.17, 15) is 0 Å². The molecule has 0 aromatic carbocycles. The van der Waals surface area contributed by atoms with Crippen LogP contribution in [0.3, 0.4) is 0 Å². The van der Waals surface area contributed by atoms with Gasteiger partial charge in [0.2, 0.25) is 0 Å². The number of rotatable bonds is 2. The van der Waals surface area contributed by atoms with E-state index in [0.717, 1.165) is 40.1 Å². The molecule has 94 valence electrons. The highest BCUT2D eigenvalue weighted by molar-refractivity contribution is 9.10. The van der Waals surface area contributed by atoms with Crippen molar-refractivity contribution in [3.05, 3.63) is 52.8 Å². The Balaban J connectivity index is 2.06. The molecule has 0 unspecified atom stereocenters. The minimum atomic E-state index is 0.853. The molecule has 19 heavy (non-hydrogen) atoms. The topological polar surface area (TPSA) is 38.1 Å². The number of aliphatic imine (C=N–C) groups is 1. The molecule has 3 rings (SSSR count). The number of hydrogen-bond acceptors (Lipinski definition) is 3. The van der Waals surface area contributed by atoms with E-state index in [4.69, 9.17) is 0 Å². The van der Waals surface area contributed by atoms with E-state index < -0.39 is 0 Å². The fourth-order valence-electron chi connectivity index (χ4n) is 1.95. The molecule has 0 bridgehead atoms. The lowest BCUT2D eigenvalue weighted by Gasteiger charge is -2.08. The summed E-state index contributed by atoms with van der Waals surface area (Å²) in [5.41, 5.74) is 3.53. The van der Waals surface area contributed by atoms with E-state index in [1.165, 1.54) is 0 Å². The first-order valence-electron chi connectivity index (χ1n) is 6.15. The molecular weight excluding hydrogens is 302 g/mol. The first-order valence-corrected chi connectivity index (χ1v) is 6.94. The number of allylic oxidation sites excluding steroid dienone is 1. The lowest BCUT2D eigenvalue weighted by atomic mass is 10.1. The summed E-state index contributed by atoms with van der Waals surface area (Å²) in [6, 6.07) is 9.77. The Kier molecular flexibility index (Phi) is 3.51. The lowest BCUT2D eigenvalue weighted by molar-refractivity contribution is 1.08. The van der Waals surface area contributed by atoms with Gasteiger partial charge in [-0.25, -0.2) is 4.98 Å². The standard InChI is InChI=1S/C15H12BrN3/c16-11-9-14(12-5-1-3-7-17-12)19-15(10-11)13-6-2-4-8-18-13/h1,3,5-10H,2,4H2. The molecule has 1 aliphatic heterocycles. The van der Waals surface area contributed by atoms with E-state index in [1.54, 1.807) is 6.20 Å². The van der Waals surface area contributed by atoms with Crippen molar-refractivity contribution in [2.45, 2.75) is 12.8 Å². The number of nitrogens with zero attached hydrogens (tertiary/aromatic N) is 3. The van der Waals surface area contributed by atoms with Gasteiger partial charge in [0, 0.05) is 16.9 Å². The summed E-state index contributed by atoms with van der Waals surface area (Å²) >= 11 is 3.53. The summed E-state index contributed by atoms with van der Waals surface area (Å²) in [6.45, 7) is 0. The molecule has 0 radical (unpaired) electrons. The third-order valence-corrected chi connectivity index (χ3v) is 3.30. The van der Waals surface area contributed by atoms with Crippen LogP contribution in [-0.4, -0.2) is 16.2 Å². The second-order valence-corrected chi connectivity index (χ2v) is 5.16. The summed E-state index contributed by atoms with van der Waals surface area (Å²) in [6.07, 6.45) is 7.86. The number of aromatic nitrogens is 2. The molecule has 1 aliphatic rings. The van der Waals surface area contributed by atoms with E-state index in [-0.39, 0.29) is 0 Å². The van der Waals surface area contributed by atoms with Crippen LogP contribution in [0.25, 0.3) is 17.1 Å². The summed E-state index contributed by atoms with van der Waals surface area (Å²) in [4.78, 5) is 13.4. The molecule has 0 amide bonds. The highest BCUT2D eigenvalue weighted by Crippen LogP contribution is 2.25. The van der Waals surface area contributed by atoms with E-state index in [1.807, 2.05) is 36.5 Å². The van der Waals surface area contributed by atoms with Gasteiger partial charge in [-0.1, -0.05) is 28.1 Å². The van der Waals surface area contributed by atoms with E-state index >= 15 is 0 Å². The lowest BCUT2D eigenvalue weighted by Crippen LogP contribution is -1.95. The first kappa shape index (κ1) is 12.2. The van der Waals surface area contributed by atoms with Crippen LogP contribution in [0, 0.1) is 0 Å². The van der Waals surface area contributed by atoms with Gasteiger partial charge in [0.15, 0.2) is 0 Å². The van der Waals surface area contributed by atoms with Crippen molar-refractivity contribution in [3.8, 4) is 11.4 Å². The molecule has 0 atom stereocenters. The fourth-order valence-corrected chi connectivity index (χ4v) is 2.39. The van der Waals surface area contributed by atoms with Gasteiger partial charge in [0.1, 0.15) is 0 Å². The largest absolute Gasteiger partial charge is 0.259 e. The van der Waals surface area contributed by atoms with Crippen LogP contribution in [0.4, 0.5) is 0 Å². The molecule has 0 aliphatic carbocycles. The van der Waals surface area contributed by atoms with Crippen LogP contribution in [0.15, 0.2) is 52.1 Å². The molecule has 2 aromatic heterocycles. The quantitative estimate of drug-likeness (QED) is 0.836. The minimum absolute atomic E-state index is 0.853. The Morgan fingerprint density at radius 1 is 1.00 bits per heavy atom. The molecule has 4 heteroatoms. The zero-order valence-electron chi connectivity index (χ0n) is 10.3. The van der Waals surface area contributed by atoms with Crippen molar-refractivity contribution in [3.63, 3.8) is 0 Å². The van der Waals surface area contributed by atoms with Crippen molar-refractivity contribution in [2.24, 2.45) is 4.99 Å². The van der Waals surface area contributed by atoms with Crippen LogP contribution in [-0.2, 0) is 0 Å². The highest BCUT2D eigenvalue weighted by Gasteiger charge is 2.09. The summed E-state index contributed by atoms with van der Waals surface area (Å²) in [5.74, 6) is 0. The minimum Gasteiger partial charge on any atom is -0.259 e. The molecule has 3 heterocycles. The predicted molar refractivity (Wildman–Crippen MR) is 80.9 cm³/mol. The monoisotopic (exact) mass is 313 g/mol. The van der Waals surface area contributed by atoms with Gasteiger partial charge in [-0.2, -0.15) is 0 Å². The maximum absolute atomic E-state index is 4.65. The van der Waals surface area contributed by atoms with Gasteiger partial charge in [-0.05, 0) is 37.1 Å². The Hall–Kier alpha value is -1.81. The fraction of sp³-hybridized carbons (Fsp3) is 0.133.